The van der Waals surface area contributed by atoms with Crippen LogP contribution in [0.3, 0.4) is 0 Å². The Bertz CT molecular complexity index is 600. The lowest BCUT2D eigenvalue weighted by Crippen LogP contribution is -2.42. The second kappa shape index (κ2) is 8.05. The number of thioether (sulfide) groups is 2. The van der Waals surface area contributed by atoms with Crippen molar-refractivity contribution in [2.45, 2.75) is 15.6 Å². The van der Waals surface area contributed by atoms with Gasteiger partial charge in [0, 0.05) is 0 Å². The molecule has 0 fully saturated rings. The van der Waals surface area contributed by atoms with Gasteiger partial charge in [-0.15, -0.1) is 10.2 Å². The molecule has 2 heterocycles. The third kappa shape index (κ3) is 5.06. The van der Waals surface area contributed by atoms with E-state index >= 15 is 0 Å². The first kappa shape index (κ1) is 15.9. The van der Waals surface area contributed by atoms with Crippen molar-refractivity contribution in [2.24, 2.45) is 0 Å². The molecule has 0 bridgehead atoms. The highest BCUT2D eigenvalue weighted by Gasteiger charge is 2.11. The van der Waals surface area contributed by atoms with Crippen molar-refractivity contribution < 1.29 is 14.0 Å². The van der Waals surface area contributed by atoms with Crippen molar-refractivity contribution in [3.8, 4) is 0 Å². The van der Waals surface area contributed by atoms with Gasteiger partial charge in [-0.3, -0.25) is 20.4 Å². The average Bonchev–Trinajstić information content (AvgIpc) is 3.14. The van der Waals surface area contributed by atoms with Crippen LogP contribution in [-0.2, 0) is 4.79 Å². The lowest BCUT2D eigenvalue weighted by atomic mass is 10.4. The summed E-state index contributed by atoms with van der Waals surface area (Å²) >= 11 is 4.32. The fourth-order valence-electron chi connectivity index (χ4n) is 1.20. The first-order valence-electron chi connectivity index (χ1n) is 5.91. The maximum absolute atomic E-state index is 11.6. The lowest BCUT2D eigenvalue weighted by Gasteiger charge is -2.04. The number of rotatable bonds is 6. The molecule has 0 aliphatic carbocycles. The van der Waals surface area contributed by atoms with E-state index in [4.69, 9.17) is 4.42 Å². The molecule has 0 atom stereocenters. The molecule has 7 nitrogen and oxygen atoms in total. The molecule has 2 aromatic rings. The summed E-state index contributed by atoms with van der Waals surface area (Å²) in [6, 6.07) is 3.10. The maximum Gasteiger partial charge on any atom is 0.305 e. The van der Waals surface area contributed by atoms with E-state index in [0.29, 0.717) is 0 Å². The Hall–Kier alpha value is -1.52. The fraction of sp³-hybridized carbons (Fsp3) is 0.273. The number of aromatic nitrogens is 2. The lowest BCUT2D eigenvalue weighted by molar-refractivity contribution is -0.119. The first-order chi connectivity index (χ1) is 10.2. The quantitative estimate of drug-likeness (QED) is 0.609. The Labute approximate surface area is 133 Å². The predicted molar refractivity (Wildman–Crippen MR) is 81.3 cm³/mol. The summed E-state index contributed by atoms with van der Waals surface area (Å²) in [5, 5.41) is 7.96. The van der Waals surface area contributed by atoms with Gasteiger partial charge < -0.3 is 4.42 Å². The first-order valence-corrected chi connectivity index (χ1v) is 8.69. The van der Waals surface area contributed by atoms with Gasteiger partial charge in [-0.2, -0.15) is 0 Å². The third-order valence-corrected chi connectivity index (χ3v) is 5.11. The van der Waals surface area contributed by atoms with Crippen LogP contribution in [-0.4, -0.2) is 33.5 Å². The highest BCUT2D eigenvalue weighted by atomic mass is 32.2. The van der Waals surface area contributed by atoms with E-state index in [1.807, 2.05) is 6.92 Å². The monoisotopic (exact) mass is 344 g/mol. The Balaban J connectivity index is 1.70. The van der Waals surface area contributed by atoms with Crippen LogP contribution in [0.25, 0.3) is 0 Å². The van der Waals surface area contributed by atoms with Gasteiger partial charge >= 0.3 is 5.91 Å². The van der Waals surface area contributed by atoms with Crippen molar-refractivity contribution in [3.63, 3.8) is 0 Å². The molecule has 2 rings (SSSR count). The minimum absolute atomic E-state index is 0.133. The Morgan fingerprint density at radius 1 is 1.29 bits per heavy atom. The largest absolute Gasteiger partial charge is 0.459 e. The van der Waals surface area contributed by atoms with Crippen LogP contribution in [0.2, 0.25) is 0 Å². The van der Waals surface area contributed by atoms with E-state index in [-0.39, 0.29) is 17.4 Å². The van der Waals surface area contributed by atoms with Gasteiger partial charge in [0.15, 0.2) is 14.4 Å². The van der Waals surface area contributed by atoms with Crippen LogP contribution in [0.15, 0.2) is 31.5 Å². The number of hydrazine groups is 1. The summed E-state index contributed by atoms with van der Waals surface area (Å²) in [4.78, 5) is 23.1. The van der Waals surface area contributed by atoms with E-state index in [0.717, 1.165) is 14.4 Å². The summed E-state index contributed by atoms with van der Waals surface area (Å²) in [6.45, 7) is 2.04. The zero-order chi connectivity index (χ0) is 15.1. The SMILES string of the molecule is CCSc1nnc(SCC(=O)NNC(=O)c2ccco2)s1. The molecule has 2 amide bonds. The van der Waals surface area contributed by atoms with E-state index in [9.17, 15) is 9.59 Å². The van der Waals surface area contributed by atoms with Crippen LogP contribution in [0.5, 0.6) is 0 Å². The number of carbonyl (C=O) groups is 2. The summed E-state index contributed by atoms with van der Waals surface area (Å²) in [6.07, 6.45) is 1.38. The smallest absolute Gasteiger partial charge is 0.305 e. The molecule has 21 heavy (non-hydrogen) atoms. The summed E-state index contributed by atoms with van der Waals surface area (Å²) in [7, 11) is 0. The number of carbonyl (C=O) groups excluding carboxylic acids is 2. The molecule has 0 spiro atoms. The van der Waals surface area contributed by atoms with Gasteiger partial charge in [-0.1, -0.05) is 41.8 Å². The van der Waals surface area contributed by atoms with Crippen LogP contribution in [0.4, 0.5) is 0 Å². The van der Waals surface area contributed by atoms with E-state index in [1.165, 1.54) is 35.4 Å². The molecule has 0 aliphatic rings. The molecule has 10 heteroatoms. The van der Waals surface area contributed by atoms with E-state index < -0.39 is 5.91 Å². The average molecular weight is 344 g/mol. The van der Waals surface area contributed by atoms with Crippen molar-refractivity contribution in [2.75, 3.05) is 11.5 Å². The number of hydrogen-bond acceptors (Lipinski definition) is 8. The highest BCUT2D eigenvalue weighted by molar-refractivity contribution is 8.03. The van der Waals surface area contributed by atoms with Crippen LogP contribution in [0.1, 0.15) is 17.5 Å². The summed E-state index contributed by atoms with van der Waals surface area (Å²) in [5.41, 5.74) is 4.57. The Morgan fingerprint density at radius 3 is 2.71 bits per heavy atom. The number of nitrogens with zero attached hydrogens (tertiary/aromatic N) is 2. The van der Waals surface area contributed by atoms with Gasteiger partial charge in [0.25, 0.3) is 0 Å². The molecule has 0 aliphatic heterocycles. The van der Waals surface area contributed by atoms with E-state index in [2.05, 4.69) is 21.0 Å². The molecule has 2 aromatic heterocycles. The van der Waals surface area contributed by atoms with Crippen molar-refractivity contribution >= 4 is 46.7 Å². The maximum atomic E-state index is 11.6. The van der Waals surface area contributed by atoms with Gasteiger partial charge in [0.2, 0.25) is 5.91 Å². The van der Waals surface area contributed by atoms with Crippen LogP contribution < -0.4 is 10.9 Å². The Kier molecular flexibility index (Phi) is 6.08. The molecule has 0 saturated carbocycles. The molecule has 112 valence electrons. The summed E-state index contributed by atoms with van der Waals surface area (Å²) in [5.74, 6) is 0.367. The molecule has 2 N–H and O–H groups in total. The second-order valence-corrected chi connectivity index (χ2v) is 7.25. The molecule has 0 saturated heterocycles. The Morgan fingerprint density at radius 2 is 2.05 bits per heavy atom. The van der Waals surface area contributed by atoms with Gasteiger partial charge in [0.05, 0.1) is 12.0 Å². The van der Waals surface area contributed by atoms with Crippen LogP contribution in [0, 0.1) is 0 Å². The number of hydrogen-bond donors (Lipinski definition) is 2. The molecule has 0 unspecified atom stereocenters. The highest BCUT2D eigenvalue weighted by Crippen LogP contribution is 2.28. The standard InChI is InChI=1S/C11H12N4O3S3/c1-2-19-10-14-15-11(21-10)20-6-8(16)12-13-9(17)7-4-3-5-18-7/h3-5H,2,6H2,1H3,(H,12,16)(H,13,17). The van der Waals surface area contributed by atoms with Crippen LogP contribution >= 0.6 is 34.9 Å². The molecule has 0 radical (unpaired) electrons. The van der Waals surface area contributed by atoms with Crippen molar-refractivity contribution in [1.29, 1.82) is 0 Å². The summed E-state index contributed by atoms with van der Waals surface area (Å²) < 4.78 is 6.50. The molecular weight excluding hydrogens is 332 g/mol. The minimum atomic E-state index is -0.504. The number of amides is 2. The van der Waals surface area contributed by atoms with Crippen molar-refractivity contribution in [3.05, 3.63) is 24.2 Å². The fourth-order valence-corrected chi connectivity index (χ4v) is 3.91. The van der Waals surface area contributed by atoms with Crippen molar-refractivity contribution in [1.82, 2.24) is 21.0 Å². The number of nitrogens with one attached hydrogen (secondary N) is 2. The predicted octanol–water partition coefficient (Wildman–Crippen LogP) is 1.80. The van der Waals surface area contributed by atoms with Gasteiger partial charge in [-0.25, -0.2) is 0 Å². The minimum Gasteiger partial charge on any atom is -0.459 e. The topological polar surface area (TPSA) is 97.1 Å². The third-order valence-electron chi connectivity index (χ3n) is 2.04. The number of furan rings is 1. The van der Waals surface area contributed by atoms with E-state index in [1.54, 1.807) is 17.8 Å². The second-order valence-electron chi connectivity index (χ2n) is 3.54. The zero-order valence-corrected chi connectivity index (χ0v) is 13.4. The molecule has 0 aromatic carbocycles. The normalized spacial score (nSPS) is 10.3. The van der Waals surface area contributed by atoms with Gasteiger partial charge in [0.1, 0.15) is 0 Å². The van der Waals surface area contributed by atoms with Gasteiger partial charge in [-0.05, 0) is 17.9 Å². The molecular formula is C11H12N4O3S3. The zero-order valence-electron chi connectivity index (χ0n) is 11.0.